The Balaban J connectivity index is 0. The number of aliphatic hydroxyl groups is 2. The lowest BCUT2D eigenvalue weighted by atomic mass is 10.4. The summed E-state index contributed by atoms with van der Waals surface area (Å²) in [4.78, 5) is 14.8. The van der Waals surface area contributed by atoms with E-state index in [9.17, 15) is 4.79 Å². The zero-order valence-electron chi connectivity index (χ0n) is 13.1. The van der Waals surface area contributed by atoms with Crippen LogP contribution in [0.5, 0.6) is 0 Å². The first-order chi connectivity index (χ1) is 9.16. The Bertz CT molecular complexity index is 257. The van der Waals surface area contributed by atoms with Crippen LogP contribution in [0, 0.1) is 0 Å². The summed E-state index contributed by atoms with van der Waals surface area (Å²) in [6, 6.07) is 0. The van der Waals surface area contributed by atoms with Crippen molar-refractivity contribution in [1.82, 2.24) is 0 Å². The summed E-state index contributed by atoms with van der Waals surface area (Å²) in [5.41, 5.74) is 0.307. The van der Waals surface area contributed by atoms with Gasteiger partial charge in [-0.2, -0.15) is 0 Å². The molecule has 2 atom stereocenters. The highest BCUT2D eigenvalue weighted by molar-refractivity contribution is 6.69. The van der Waals surface area contributed by atoms with Gasteiger partial charge in [0.25, 0.3) is 0 Å². The molecule has 120 valence electrons. The molecule has 0 aromatic rings. The van der Waals surface area contributed by atoms with E-state index in [1.807, 2.05) is 26.6 Å². The molecule has 0 aliphatic rings. The number of carbonyl (C=O) groups is 1. The summed E-state index contributed by atoms with van der Waals surface area (Å²) < 4.78 is 10.00. The Kier molecular flexibility index (Phi) is 13.3. The van der Waals surface area contributed by atoms with Gasteiger partial charge in [-0.05, 0) is 26.1 Å². The van der Waals surface area contributed by atoms with Gasteiger partial charge in [0.2, 0.25) is 8.32 Å². The molecule has 0 aliphatic heterocycles. The minimum absolute atomic E-state index is 0.210. The highest BCUT2D eigenvalue weighted by Gasteiger charge is 2.17. The van der Waals surface area contributed by atoms with E-state index in [0.29, 0.717) is 5.73 Å². The summed E-state index contributed by atoms with van der Waals surface area (Å²) in [6.07, 6.45) is 1.35. The van der Waals surface area contributed by atoms with Crippen LogP contribution in [0.4, 0.5) is 0 Å². The third-order valence-corrected chi connectivity index (χ3v) is 3.63. The first-order valence-electron chi connectivity index (χ1n) is 6.58. The van der Waals surface area contributed by atoms with Crippen LogP contribution in [-0.2, 0) is 19.0 Å². The number of ether oxygens (including phenoxy) is 1. The Morgan fingerprint density at radius 2 is 2.00 bits per heavy atom. The van der Waals surface area contributed by atoms with Gasteiger partial charge in [-0.25, -0.2) is 9.37 Å². The average molecular weight is 325 g/mol. The van der Waals surface area contributed by atoms with Crippen LogP contribution in [0.15, 0.2) is 12.7 Å². The minimum atomic E-state index is -1.73. The Hall–Kier alpha value is -0.516. The largest absolute Gasteiger partial charge is 0.394 e. The molecule has 0 bridgehead atoms. The van der Waals surface area contributed by atoms with Crippen molar-refractivity contribution in [3.8, 4) is 0 Å². The Morgan fingerprint density at radius 3 is 2.35 bits per heavy atom. The molecular weight excluding hydrogens is 296 g/mol. The van der Waals surface area contributed by atoms with Crippen molar-refractivity contribution in [1.29, 1.82) is 0 Å². The second-order valence-electron chi connectivity index (χ2n) is 5.19. The number of rotatable bonds is 8. The SMILES string of the molecule is C=CC(=O)OO[Si](C)(C)C.CCC([SiH3])OCC(O)CO. The number of carbonyl (C=O) groups excluding carboxylic acids is 1. The third-order valence-electron chi connectivity index (χ3n) is 1.90. The lowest BCUT2D eigenvalue weighted by Crippen LogP contribution is -2.26. The molecule has 0 aliphatic carbocycles. The maximum absolute atomic E-state index is 10.4. The van der Waals surface area contributed by atoms with Crippen molar-refractivity contribution >= 4 is 24.5 Å². The standard InChI is InChI=1S/C6H12O3Si.C6H16O3Si/c1-5-6(7)8-9-10(2,3)4;1-2-6(10)9-4-5(8)3-7/h5H,1H2,2-4H3;5-8H,2-4H2,1,10H3. The van der Waals surface area contributed by atoms with Crippen LogP contribution < -0.4 is 0 Å². The zero-order chi connectivity index (χ0) is 16.2. The van der Waals surface area contributed by atoms with Crippen LogP contribution in [0.1, 0.15) is 13.3 Å². The molecule has 8 heteroatoms. The number of aliphatic hydroxyl groups excluding tert-OH is 2. The smallest absolute Gasteiger partial charge is 0.363 e. The summed E-state index contributed by atoms with van der Waals surface area (Å²) in [5, 5.41) is 17.2. The molecule has 0 spiro atoms. The van der Waals surface area contributed by atoms with Gasteiger partial charge in [-0.15, -0.1) is 0 Å². The minimum Gasteiger partial charge on any atom is -0.394 e. The van der Waals surface area contributed by atoms with Gasteiger partial charge in [-0.1, -0.05) is 13.5 Å². The van der Waals surface area contributed by atoms with E-state index < -0.39 is 20.4 Å². The van der Waals surface area contributed by atoms with Gasteiger partial charge in [-0.3, -0.25) is 0 Å². The average Bonchev–Trinajstić information content (AvgIpc) is 2.41. The fourth-order valence-electron chi connectivity index (χ4n) is 0.646. The van der Waals surface area contributed by atoms with Crippen LogP contribution in [0.2, 0.25) is 19.6 Å². The first kappa shape index (κ1) is 21.8. The van der Waals surface area contributed by atoms with Gasteiger partial charge in [0.1, 0.15) is 6.10 Å². The summed E-state index contributed by atoms with van der Waals surface area (Å²) in [6.45, 7) is 11.1. The lowest BCUT2D eigenvalue weighted by Gasteiger charge is -2.12. The second-order valence-corrected chi connectivity index (χ2v) is 10.9. The maximum atomic E-state index is 10.4. The molecule has 0 saturated heterocycles. The third kappa shape index (κ3) is 17.5. The van der Waals surface area contributed by atoms with Gasteiger partial charge in [0.15, 0.2) is 0 Å². The number of hydrogen-bond donors (Lipinski definition) is 2. The van der Waals surface area contributed by atoms with Crippen molar-refractivity contribution in [2.75, 3.05) is 13.2 Å². The molecule has 0 saturated carbocycles. The van der Waals surface area contributed by atoms with Gasteiger partial charge < -0.3 is 19.8 Å². The van der Waals surface area contributed by atoms with Gasteiger partial charge in [0.05, 0.1) is 13.2 Å². The van der Waals surface area contributed by atoms with E-state index in [4.69, 9.17) is 19.5 Å². The predicted octanol–water partition coefficient (Wildman–Crippen LogP) is -0.0602. The number of hydrogen-bond acceptors (Lipinski definition) is 6. The van der Waals surface area contributed by atoms with Crippen molar-refractivity contribution in [2.24, 2.45) is 0 Å². The van der Waals surface area contributed by atoms with Crippen molar-refractivity contribution in [3.63, 3.8) is 0 Å². The molecular formula is C12H28O6Si2. The van der Waals surface area contributed by atoms with Crippen molar-refractivity contribution < 1.29 is 29.2 Å². The molecule has 0 radical (unpaired) electrons. The molecule has 20 heavy (non-hydrogen) atoms. The molecule has 0 heterocycles. The van der Waals surface area contributed by atoms with Crippen molar-refractivity contribution in [3.05, 3.63) is 12.7 Å². The maximum Gasteiger partial charge on any atom is 0.363 e. The van der Waals surface area contributed by atoms with Gasteiger partial charge in [0, 0.05) is 22.0 Å². The molecule has 0 aromatic heterocycles. The summed E-state index contributed by atoms with van der Waals surface area (Å²) in [7, 11) is -0.744. The molecule has 0 fully saturated rings. The van der Waals surface area contributed by atoms with Gasteiger partial charge >= 0.3 is 5.97 Å². The lowest BCUT2D eigenvalue weighted by molar-refractivity contribution is -0.213. The van der Waals surface area contributed by atoms with Crippen LogP contribution in [0.3, 0.4) is 0 Å². The molecule has 2 unspecified atom stereocenters. The van der Waals surface area contributed by atoms with E-state index >= 15 is 0 Å². The Morgan fingerprint density at radius 1 is 1.45 bits per heavy atom. The van der Waals surface area contributed by atoms with Crippen LogP contribution in [0.25, 0.3) is 0 Å². The van der Waals surface area contributed by atoms with Crippen molar-refractivity contribution in [2.45, 2.75) is 44.8 Å². The van der Waals surface area contributed by atoms with E-state index in [0.717, 1.165) is 22.7 Å². The second kappa shape index (κ2) is 12.2. The van der Waals surface area contributed by atoms with Crippen LogP contribution >= 0.6 is 0 Å². The van der Waals surface area contributed by atoms with Crippen LogP contribution in [-0.4, -0.2) is 59.8 Å². The molecule has 0 amide bonds. The fraction of sp³-hybridized carbons (Fsp3) is 0.750. The van der Waals surface area contributed by atoms with E-state index in [2.05, 4.69) is 11.5 Å². The first-order valence-corrected chi connectivity index (χ1v) is 11.1. The molecule has 2 N–H and O–H groups in total. The van der Waals surface area contributed by atoms with E-state index in [1.165, 1.54) is 0 Å². The molecule has 0 rings (SSSR count). The molecule has 6 nitrogen and oxygen atoms in total. The highest BCUT2D eigenvalue weighted by Crippen LogP contribution is 2.02. The normalized spacial score (nSPS) is 13.9. The van der Waals surface area contributed by atoms with E-state index in [-0.39, 0.29) is 13.2 Å². The topological polar surface area (TPSA) is 85.2 Å². The summed E-state index contributed by atoms with van der Waals surface area (Å²) >= 11 is 0. The predicted molar refractivity (Wildman–Crippen MR) is 83.8 cm³/mol. The Labute approximate surface area is 125 Å². The fourth-order valence-corrected chi connectivity index (χ4v) is 1.17. The highest BCUT2D eigenvalue weighted by atomic mass is 28.4. The molecule has 0 aromatic carbocycles. The quantitative estimate of drug-likeness (QED) is 0.282. The zero-order valence-corrected chi connectivity index (χ0v) is 16.1. The monoisotopic (exact) mass is 324 g/mol. The van der Waals surface area contributed by atoms with E-state index in [1.54, 1.807) is 0 Å². The summed E-state index contributed by atoms with van der Waals surface area (Å²) in [5.74, 6) is -0.539.